The number of carbonyl (C=O) groups is 5. The van der Waals surface area contributed by atoms with E-state index in [2.05, 4.69) is 0 Å². The molecule has 2 atom stereocenters. The fourth-order valence-corrected chi connectivity index (χ4v) is 5.57. The van der Waals surface area contributed by atoms with Crippen molar-refractivity contribution in [2.45, 2.75) is 12.8 Å². The lowest BCUT2D eigenvalue weighted by Gasteiger charge is -2.30. The first kappa shape index (κ1) is 29.8. The molecule has 3 aromatic carbocycles. The van der Waals surface area contributed by atoms with Crippen molar-refractivity contribution in [2.24, 2.45) is 11.8 Å². The number of hydrogen-bond acceptors (Lipinski definition) is 6. The molecule has 0 unspecified atom stereocenters. The van der Waals surface area contributed by atoms with E-state index in [9.17, 15) is 24.0 Å². The van der Waals surface area contributed by atoms with Gasteiger partial charge in [0.25, 0.3) is 17.7 Å². The fourth-order valence-electron chi connectivity index (χ4n) is 4.79. The predicted octanol–water partition coefficient (Wildman–Crippen LogP) is 6.71. The van der Waals surface area contributed by atoms with Crippen LogP contribution in [0.25, 0.3) is 0 Å². The van der Waals surface area contributed by atoms with Gasteiger partial charge in [-0.05, 0) is 73.5 Å². The molecule has 3 aromatic rings. The van der Waals surface area contributed by atoms with E-state index in [1.165, 1.54) is 60.7 Å². The Morgan fingerprint density at radius 1 is 0.762 bits per heavy atom. The second-order valence-corrected chi connectivity index (χ2v) is 11.3. The van der Waals surface area contributed by atoms with Gasteiger partial charge in [-0.25, -0.2) is 9.80 Å². The van der Waals surface area contributed by atoms with Gasteiger partial charge >= 0.3 is 5.97 Å². The number of nitrogens with zero attached hydrogens (tertiary/aromatic N) is 2. The number of imide groups is 1. The lowest BCUT2D eigenvalue weighted by atomic mass is 9.85. The van der Waals surface area contributed by atoms with Crippen molar-refractivity contribution in [2.75, 3.05) is 6.54 Å². The van der Waals surface area contributed by atoms with Crippen LogP contribution >= 0.6 is 46.4 Å². The molecule has 3 amide bonds. The van der Waals surface area contributed by atoms with Crippen LogP contribution in [0, 0.1) is 11.8 Å². The largest absolute Gasteiger partial charge is 0.423 e. The molecule has 0 N–H and O–H groups in total. The summed E-state index contributed by atoms with van der Waals surface area (Å²) in [7, 11) is 0. The SMILES string of the molecule is O=C(CN(C(=O)c1ccc(Cl)c(Cl)c1)N1C(=O)[C@H]2CC=CC[C@@H]2C1=O)c1ccc(OC(=O)c2ccc(Cl)cc2Cl)cc1. The molecule has 1 aliphatic carbocycles. The summed E-state index contributed by atoms with van der Waals surface area (Å²) in [5.41, 5.74) is 0.284. The van der Waals surface area contributed by atoms with Crippen LogP contribution in [0.1, 0.15) is 43.9 Å². The molecule has 0 bridgehead atoms. The number of carbonyl (C=O) groups excluding carboxylic acids is 5. The molecule has 42 heavy (non-hydrogen) atoms. The number of rotatable bonds is 7. The Labute approximate surface area is 260 Å². The predicted molar refractivity (Wildman–Crippen MR) is 157 cm³/mol. The Balaban J connectivity index is 1.38. The molecule has 0 radical (unpaired) electrons. The van der Waals surface area contributed by atoms with Crippen molar-refractivity contribution in [3.8, 4) is 5.75 Å². The second kappa shape index (κ2) is 12.3. The van der Waals surface area contributed by atoms with Crippen LogP contribution in [0.3, 0.4) is 0 Å². The van der Waals surface area contributed by atoms with Gasteiger partial charge in [0.1, 0.15) is 12.3 Å². The van der Waals surface area contributed by atoms with E-state index in [4.69, 9.17) is 51.1 Å². The van der Waals surface area contributed by atoms with Crippen molar-refractivity contribution in [1.29, 1.82) is 0 Å². The molecule has 1 aliphatic heterocycles. The molecule has 0 spiro atoms. The summed E-state index contributed by atoms with van der Waals surface area (Å²) in [6.07, 6.45) is 4.36. The zero-order valence-corrected chi connectivity index (χ0v) is 24.6. The molecule has 2 aliphatic rings. The molecule has 8 nitrogen and oxygen atoms in total. The highest BCUT2D eigenvalue weighted by molar-refractivity contribution is 6.42. The van der Waals surface area contributed by atoms with Gasteiger partial charge in [-0.15, -0.1) is 0 Å². The van der Waals surface area contributed by atoms with E-state index >= 15 is 0 Å². The van der Waals surface area contributed by atoms with Crippen LogP contribution in [0.2, 0.25) is 20.1 Å². The number of Topliss-reactive ketones (excluding diaryl/α,β-unsaturated/α-hetero) is 1. The molecule has 214 valence electrons. The number of halogens is 4. The van der Waals surface area contributed by atoms with Gasteiger partial charge in [-0.3, -0.25) is 19.2 Å². The summed E-state index contributed by atoms with van der Waals surface area (Å²) in [5, 5.41) is 2.40. The van der Waals surface area contributed by atoms with Crippen molar-refractivity contribution in [3.05, 3.63) is 110 Å². The maximum Gasteiger partial charge on any atom is 0.345 e. The zero-order chi connectivity index (χ0) is 30.1. The van der Waals surface area contributed by atoms with Gasteiger partial charge in [-0.2, -0.15) is 5.01 Å². The third kappa shape index (κ3) is 5.94. The van der Waals surface area contributed by atoms with Gasteiger partial charge in [0, 0.05) is 16.1 Å². The number of fused-ring (bicyclic) bond motifs is 1. The first-order valence-electron chi connectivity index (χ1n) is 12.6. The average molecular weight is 646 g/mol. The first-order chi connectivity index (χ1) is 20.0. The molecule has 1 heterocycles. The van der Waals surface area contributed by atoms with Crippen LogP contribution in [0.4, 0.5) is 0 Å². The molecule has 12 heteroatoms. The highest BCUT2D eigenvalue weighted by Gasteiger charge is 2.51. The number of benzene rings is 3. The van der Waals surface area contributed by atoms with Gasteiger partial charge in [0.2, 0.25) is 0 Å². The number of amides is 3. The number of allylic oxidation sites excluding steroid dienone is 2. The van der Waals surface area contributed by atoms with Crippen LogP contribution in [0.5, 0.6) is 5.75 Å². The maximum absolute atomic E-state index is 13.7. The number of esters is 1. The lowest BCUT2D eigenvalue weighted by Crippen LogP contribution is -2.52. The number of hydrazine groups is 1. The van der Waals surface area contributed by atoms with Crippen LogP contribution in [-0.2, 0) is 9.59 Å². The Morgan fingerprint density at radius 3 is 1.98 bits per heavy atom. The minimum atomic E-state index is -0.777. The summed E-state index contributed by atoms with van der Waals surface area (Å²) in [4.78, 5) is 66.2. The quantitative estimate of drug-likeness (QED) is 0.0931. The van der Waals surface area contributed by atoms with Crippen molar-refractivity contribution < 1.29 is 28.7 Å². The normalized spacial score (nSPS) is 17.7. The molecular weight excluding hydrogens is 626 g/mol. The summed E-state index contributed by atoms with van der Waals surface area (Å²) in [5.74, 6) is -4.30. The van der Waals surface area contributed by atoms with E-state index < -0.39 is 47.9 Å². The van der Waals surface area contributed by atoms with E-state index in [-0.39, 0.29) is 37.5 Å². The Hall–Kier alpha value is -3.69. The summed E-state index contributed by atoms with van der Waals surface area (Å²) >= 11 is 24.1. The topological polar surface area (TPSA) is 101 Å². The molecular formula is C30H20Cl4N2O6. The van der Waals surface area contributed by atoms with Crippen molar-refractivity contribution in [1.82, 2.24) is 10.0 Å². The monoisotopic (exact) mass is 644 g/mol. The van der Waals surface area contributed by atoms with Crippen molar-refractivity contribution >= 4 is 75.9 Å². The minimum absolute atomic E-state index is 0.0360. The Kier molecular flexibility index (Phi) is 8.70. The molecule has 0 aromatic heterocycles. The highest BCUT2D eigenvalue weighted by atomic mass is 35.5. The average Bonchev–Trinajstić information content (AvgIpc) is 3.22. The molecule has 1 saturated heterocycles. The van der Waals surface area contributed by atoms with E-state index in [0.717, 1.165) is 10.0 Å². The van der Waals surface area contributed by atoms with Gasteiger partial charge < -0.3 is 4.74 Å². The van der Waals surface area contributed by atoms with E-state index in [1.54, 1.807) is 0 Å². The van der Waals surface area contributed by atoms with Crippen LogP contribution in [0.15, 0.2) is 72.8 Å². The van der Waals surface area contributed by atoms with Gasteiger partial charge in [0.15, 0.2) is 5.78 Å². The third-order valence-electron chi connectivity index (χ3n) is 6.96. The minimum Gasteiger partial charge on any atom is -0.423 e. The van der Waals surface area contributed by atoms with Crippen LogP contribution in [-0.4, -0.2) is 46.0 Å². The number of ether oxygens (including phenoxy) is 1. The Bertz CT molecular complexity index is 1630. The standard InChI is InChI=1S/C30H20Cl4N2O6/c31-18-8-11-22(24(33)14-18)30(41)42-19-9-5-16(6-10-19)26(37)15-35(27(38)17-7-12-23(32)25(34)13-17)36-28(39)20-3-1-2-4-21(20)29(36)40/h1-2,5-14,20-21H,3-4,15H2/t20-,21-/m0/s1. The number of ketones is 1. The first-order valence-corrected chi connectivity index (χ1v) is 14.2. The summed E-state index contributed by atoms with van der Waals surface area (Å²) in [6.45, 7) is -0.622. The smallest absolute Gasteiger partial charge is 0.345 e. The summed E-state index contributed by atoms with van der Waals surface area (Å²) in [6, 6.07) is 14.0. The van der Waals surface area contributed by atoms with E-state index in [0.29, 0.717) is 17.9 Å². The van der Waals surface area contributed by atoms with Crippen LogP contribution < -0.4 is 4.74 Å². The highest BCUT2D eigenvalue weighted by Crippen LogP contribution is 2.36. The molecule has 0 saturated carbocycles. The van der Waals surface area contributed by atoms with E-state index in [1.807, 2.05) is 12.2 Å². The zero-order valence-electron chi connectivity index (χ0n) is 21.6. The summed E-state index contributed by atoms with van der Waals surface area (Å²) < 4.78 is 5.35. The van der Waals surface area contributed by atoms with Crippen molar-refractivity contribution in [3.63, 3.8) is 0 Å². The fraction of sp³-hybridized carbons (Fsp3) is 0.167. The molecule has 1 fully saturated rings. The molecule has 5 rings (SSSR count). The van der Waals surface area contributed by atoms with Gasteiger partial charge in [0.05, 0.1) is 32.5 Å². The number of hydrogen-bond donors (Lipinski definition) is 0. The lowest BCUT2D eigenvalue weighted by molar-refractivity contribution is -0.154. The second-order valence-electron chi connectivity index (χ2n) is 9.60. The third-order valence-corrected chi connectivity index (χ3v) is 8.24. The maximum atomic E-state index is 13.7. The van der Waals surface area contributed by atoms with Gasteiger partial charge in [-0.1, -0.05) is 58.6 Å². The Morgan fingerprint density at radius 2 is 1.38 bits per heavy atom.